The first-order valence-electron chi connectivity index (χ1n) is 8.26. The van der Waals surface area contributed by atoms with E-state index < -0.39 is 0 Å². The average molecular weight is 335 g/mol. The standard InChI is InChI=1S/C19H21N5O/c1-4-5-6-15-8-10-24-17(11-15)16(12-21-24)19-20-9-7-18(23-19)22-14(2)13-25-3/h7-12,14H,4,13H2,1-3H3,(H,20,22,23). The number of methoxy groups -OCH3 is 1. The molecule has 25 heavy (non-hydrogen) atoms. The molecule has 0 amide bonds. The van der Waals surface area contributed by atoms with Crippen LogP contribution in [0.2, 0.25) is 0 Å². The largest absolute Gasteiger partial charge is 0.383 e. The zero-order valence-electron chi connectivity index (χ0n) is 14.7. The Kier molecular flexibility index (Phi) is 5.26. The van der Waals surface area contributed by atoms with Crippen molar-refractivity contribution in [2.75, 3.05) is 19.0 Å². The summed E-state index contributed by atoms with van der Waals surface area (Å²) in [6, 6.07) is 5.98. The lowest BCUT2D eigenvalue weighted by atomic mass is 10.2. The molecule has 0 saturated heterocycles. The third-order valence-corrected chi connectivity index (χ3v) is 3.64. The average Bonchev–Trinajstić information content (AvgIpc) is 3.03. The molecule has 6 nitrogen and oxygen atoms in total. The molecule has 3 rings (SSSR count). The van der Waals surface area contributed by atoms with Crippen LogP contribution in [0, 0.1) is 11.8 Å². The molecule has 3 aromatic rings. The van der Waals surface area contributed by atoms with E-state index in [0.29, 0.717) is 12.4 Å². The lowest BCUT2D eigenvalue weighted by Crippen LogP contribution is -2.21. The number of pyridine rings is 1. The fourth-order valence-corrected chi connectivity index (χ4v) is 2.53. The van der Waals surface area contributed by atoms with Crippen LogP contribution in [0.4, 0.5) is 5.82 Å². The highest BCUT2D eigenvalue weighted by Gasteiger charge is 2.11. The number of anilines is 1. The molecule has 0 fully saturated rings. The van der Waals surface area contributed by atoms with Crippen LogP contribution >= 0.6 is 0 Å². The molecule has 0 spiro atoms. The Morgan fingerprint density at radius 2 is 2.24 bits per heavy atom. The number of nitrogens with one attached hydrogen (secondary N) is 1. The summed E-state index contributed by atoms with van der Waals surface area (Å²) < 4.78 is 6.96. The van der Waals surface area contributed by atoms with Gasteiger partial charge in [0, 0.05) is 37.5 Å². The summed E-state index contributed by atoms with van der Waals surface area (Å²) in [5, 5.41) is 7.69. The second-order valence-corrected chi connectivity index (χ2v) is 5.73. The summed E-state index contributed by atoms with van der Waals surface area (Å²) in [6.45, 7) is 4.68. The summed E-state index contributed by atoms with van der Waals surface area (Å²) in [6.07, 6.45) is 6.26. The highest BCUT2D eigenvalue weighted by atomic mass is 16.5. The van der Waals surface area contributed by atoms with Gasteiger partial charge in [-0.1, -0.05) is 18.8 Å². The van der Waals surface area contributed by atoms with Gasteiger partial charge >= 0.3 is 0 Å². The fourth-order valence-electron chi connectivity index (χ4n) is 2.53. The van der Waals surface area contributed by atoms with E-state index in [0.717, 1.165) is 28.9 Å². The van der Waals surface area contributed by atoms with Crippen molar-refractivity contribution in [2.24, 2.45) is 0 Å². The van der Waals surface area contributed by atoms with Crippen molar-refractivity contribution in [1.29, 1.82) is 0 Å². The molecule has 3 aromatic heterocycles. The minimum absolute atomic E-state index is 0.160. The lowest BCUT2D eigenvalue weighted by Gasteiger charge is -2.13. The van der Waals surface area contributed by atoms with Crippen LogP contribution in [-0.4, -0.2) is 39.3 Å². The number of fused-ring (bicyclic) bond motifs is 1. The third-order valence-electron chi connectivity index (χ3n) is 3.64. The number of ether oxygens (including phenoxy) is 1. The summed E-state index contributed by atoms with van der Waals surface area (Å²) in [5.74, 6) is 7.63. The van der Waals surface area contributed by atoms with E-state index in [1.807, 2.05) is 42.8 Å². The van der Waals surface area contributed by atoms with Gasteiger partial charge < -0.3 is 10.1 Å². The number of hydrogen-bond donors (Lipinski definition) is 1. The molecule has 0 aromatic carbocycles. The maximum absolute atomic E-state index is 5.15. The first-order valence-corrected chi connectivity index (χ1v) is 8.26. The van der Waals surface area contributed by atoms with Gasteiger partial charge in [-0.05, 0) is 25.1 Å². The number of aromatic nitrogens is 4. The molecular weight excluding hydrogens is 314 g/mol. The Balaban J connectivity index is 1.96. The van der Waals surface area contributed by atoms with Crippen molar-refractivity contribution in [1.82, 2.24) is 19.6 Å². The first-order chi connectivity index (χ1) is 12.2. The van der Waals surface area contributed by atoms with E-state index in [-0.39, 0.29) is 6.04 Å². The van der Waals surface area contributed by atoms with Gasteiger partial charge in [-0.2, -0.15) is 5.10 Å². The third kappa shape index (κ3) is 3.95. The molecule has 1 N–H and O–H groups in total. The van der Waals surface area contributed by atoms with E-state index in [1.54, 1.807) is 19.5 Å². The number of nitrogens with zero attached hydrogens (tertiary/aromatic N) is 4. The fraction of sp³-hybridized carbons (Fsp3) is 0.316. The molecule has 128 valence electrons. The molecule has 3 heterocycles. The van der Waals surface area contributed by atoms with Crippen LogP contribution in [0.15, 0.2) is 36.8 Å². The van der Waals surface area contributed by atoms with Gasteiger partial charge in [0.2, 0.25) is 0 Å². The van der Waals surface area contributed by atoms with Crippen molar-refractivity contribution in [3.8, 4) is 23.2 Å². The Bertz CT molecular complexity index is 922. The second-order valence-electron chi connectivity index (χ2n) is 5.73. The summed E-state index contributed by atoms with van der Waals surface area (Å²) in [4.78, 5) is 9.02. The molecule has 1 unspecified atom stereocenters. The van der Waals surface area contributed by atoms with Crippen LogP contribution < -0.4 is 5.32 Å². The maximum Gasteiger partial charge on any atom is 0.165 e. The predicted octanol–water partition coefficient (Wildman–Crippen LogP) is 3.00. The van der Waals surface area contributed by atoms with Gasteiger partial charge in [-0.3, -0.25) is 0 Å². The Hall–Kier alpha value is -2.91. The predicted molar refractivity (Wildman–Crippen MR) is 98.3 cm³/mol. The van der Waals surface area contributed by atoms with E-state index >= 15 is 0 Å². The molecule has 0 aliphatic rings. The van der Waals surface area contributed by atoms with Gasteiger partial charge in [0.05, 0.1) is 23.9 Å². The van der Waals surface area contributed by atoms with Gasteiger partial charge in [0.15, 0.2) is 5.82 Å². The van der Waals surface area contributed by atoms with Crippen LogP contribution in [0.3, 0.4) is 0 Å². The molecule has 0 radical (unpaired) electrons. The van der Waals surface area contributed by atoms with Crippen LogP contribution in [0.25, 0.3) is 16.9 Å². The van der Waals surface area contributed by atoms with Crippen molar-refractivity contribution in [3.63, 3.8) is 0 Å². The van der Waals surface area contributed by atoms with Crippen molar-refractivity contribution in [3.05, 3.63) is 42.4 Å². The first kappa shape index (κ1) is 16.9. The summed E-state index contributed by atoms with van der Waals surface area (Å²) in [7, 11) is 1.68. The van der Waals surface area contributed by atoms with Crippen LogP contribution in [0.5, 0.6) is 0 Å². The topological polar surface area (TPSA) is 64.3 Å². The van der Waals surface area contributed by atoms with Gasteiger partial charge in [0.25, 0.3) is 0 Å². The van der Waals surface area contributed by atoms with Crippen molar-refractivity contribution in [2.45, 2.75) is 26.3 Å². The normalized spacial score (nSPS) is 11.8. The van der Waals surface area contributed by atoms with Crippen LogP contribution in [-0.2, 0) is 4.74 Å². The number of hydrogen-bond acceptors (Lipinski definition) is 5. The Labute approximate surface area is 147 Å². The number of rotatable bonds is 5. The Morgan fingerprint density at radius 3 is 3.04 bits per heavy atom. The van der Waals surface area contributed by atoms with Crippen LogP contribution in [0.1, 0.15) is 25.8 Å². The molecule has 0 bridgehead atoms. The second kappa shape index (κ2) is 7.77. The highest BCUT2D eigenvalue weighted by molar-refractivity contribution is 5.77. The van der Waals surface area contributed by atoms with Gasteiger partial charge in [-0.25, -0.2) is 14.5 Å². The molecule has 6 heteroatoms. The van der Waals surface area contributed by atoms with Crippen molar-refractivity contribution < 1.29 is 4.74 Å². The maximum atomic E-state index is 5.15. The zero-order valence-corrected chi connectivity index (χ0v) is 14.7. The highest BCUT2D eigenvalue weighted by Crippen LogP contribution is 2.22. The van der Waals surface area contributed by atoms with E-state index in [1.165, 1.54) is 0 Å². The SMILES string of the molecule is CCC#Cc1ccn2ncc(-c3nccc(NC(C)COC)n3)c2c1. The van der Waals surface area contributed by atoms with Gasteiger partial charge in [-0.15, -0.1) is 0 Å². The van der Waals surface area contributed by atoms with Crippen molar-refractivity contribution >= 4 is 11.3 Å². The van der Waals surface area contributed by atoms with E-state index in [4.69, 9.17) is 4.74 Å². The molecule has 1 atom stereocenters. The minimum atomic E-state index is 0.160. The quantitative estimate of drug-likeness (QED) is 0.726. The molecule has 0 aliphatic heterocycles. The monoisotopic (exact) mass is 335 g/mol. The minimum Gasteiger partial charge on any atom is -0.383 e. The van der Waals surface area contributed by atoms with E-state index in [9.17, 15) is 0 Å². The molecular formula is C19H21N5O. The van der Waals surface area contributed by atoms with E-state index in [2.05, 4.69) is 32.2 Å². The summed E-state index contributed by atoms with van der Waals surface area (Å²) >= 11 is 0. The molecule has 0 aliphatic carbocycles. The zero-order chi connectivity index (χ0) is 17.6. The van der Waals surface area contributed by atoms with Gasteiger partial charge in [0.1, 0.15) is 5.82 Å². The smallest absolute Gasteiger partial charge is 0.165 e. The summed E-state index contributed by atoms with van der Waals surface area (Å²) in [5.41, 5.74) is 2.77. The lowest BCUT2D eigenvalue weighted by molar-refractivity contribution is 0.190. The Morgan fingerprint density at radius 1 is 1.36 bits per heavy atom. The molecule has 0 saturated carbocycles.